The molecule has 1 atom stereocenters. The van der Waals surface area contributed by atoms with Gasteiger partial charge in [0, 0.05) is 18.7 Å². The van der Waals surface area contributed by atoms with Crippen molar-refractivity contribution < 1.29 is 18.8 Å². The molecule has 0 fully saturated rings. The van der Waals surface area contributed by atoms with Crippen molar-refractivity contribution in [2.75, 3.05) is 13.1 Å². The second-order valence-corrected chi connectivity index (χ2v) is 7.13. The third-order valence-corrected chi connectivity index (χ3v) is 4.73. The predicted octanol–water partition coefficient (Wildman–Crippen LogP) is 2.77. The minimum atomic E-state index is -0.876. The summed E-state index contributed by atoms with van der Waals surface area (Å²) in [5.74, 6) is -1.33. The molecule has 0 saturated heterocycles. The van der Waals surface area contributed by atoms with Gasteiger partial charge in [-0.05, 0) is 35.4 Å². The van der Waals surface area contributed by atoms with Crippen LogP contribution in [0.1, 0.15) is 27.5 Å². The Morgan fingerprint density at radius 1 is 0.750 bits per heavy atom. The van der Waals surface area contributed by atoms with E-state index in [9.17, 15) is 18.8 Å². The van der Waals surface area contributed by atoms with Crippen molar-refractivity contribution in [2.24, 2.45) is 0 Å². The summed E-state index contributed by atoms with van der Waals surface area (Å²) < 4.78 is 12.9. The van der Waals surface area contributed by atoms with E-state index in [2.05, 4.69) is 16.0 Å². The van der Waals surface area contributed by atoms with Crippen LogP contribution in [0.5, 0.6) is 0 Å². The van der Waals surface area contributed by atoms with Gasteiger partial charge in [-0.25, -0.2) is 4.39 Å². The second-order valence-electron chi connectivity index (χ2n) is 7.13. The zero-order chi connectivity index (χ0) is 22.8. The minimum Gasteiger partial charge on any atom is -0.354 e. The quantitative estimate of drug-likeness (QED) is 0.454. The van der Waals surface area contributed by atoms with E-state index in [4.69, 9.17) is 0 Å². The van der Waals surface area contributed by atoms with Gasteiger partial charge in [-0.3, -0.25) is 14.4 Å². The maximum atomic E-state index is 12.9. The molecule has 3 amide bonds. The Morgan fingerprint density at radius 3 is 2.00 bits per heavy atom. The summed E-state index contributed by atoms with van der Waals surface area (Å²) in [6.45, 7) is 0.415. The van der Waals surface area contributed by atoms with Gasteiger partial charge in [0.25, 0.3) is 5.91 Å². The molecule has 3 aromatic carbocycles. The average Bonchev–Trinajstić information content (AvgIpc) is 2.82. The standard InChI is InChI=1S/C25H24FN3O3/c26-21-13-11-18(12-14-21)17-22(30)27-15-16-28-25(32)23(19-7-3-1-4-8-19)29-24(31)20-9-5-2-6-10-20/h1-14,23H,15-17H2,(H,27,30)(H,28,32)(H,29,31). The monoisotopic (exact) mass is 433 g/mol. The number of carbonyl (C=O) groups is 3. The molecular formula is C25H24FN3O3. The van der Waals surface area contributed by atoms with Crippen molar-refractivity contribution in [1.29, 1.82) is 0 Å². The second kappa shape index (κ2) is 11.4. The zero-order valence-electron chi connectivity index (χ0n) is 17.4. The number of nitrogens with one attached hydrogen (secondary N) is 3. The van der Waals surface area contributed by atoms with E-state index in [1.165, 1.54) is 12.1 Å². The molecule has 164 valence electrons. The largest absolute Gasteiger partial charge is 0.354 e. The third-order valence-electron chi connectivity index (χ3n) is 4.73. The van der Waals surface area contributed by atoms with Crippen molar-refractivity contribution in [3.63, 3.8) is 0 Å². The number of rotatable bonds is 9. The summed E-state index contributed by atoms with van der Waals surface area (Å²) in [7, 11) is 0. The van der Waals surface area contributed by atoms with Crippen LogP contribution in [0, 0.1) is 5.82 Å². The molecule has 6 nitrogen and oxygen atoms in total. The van der Waals surface area contributed by atoms with E-state index >= 15 is 0 Å². The molecule has 3 N–H and O–H groups in total. The van der Waals surface area contributed by atoms with Crippen molar-refractivity contribution in [1.82, 2.24) is 16.0 Å². The Kier molecular flexibility index (Phi) is 8.09. The van der Waals surface area contributed by atoms with Crippen molar-refractivity contribution in [2.45, 2.75) is 12.5 Å². The highest BCUT2D eigenvalue weighted by atomic mass is 19.1. The first-order valence-corrected chi connectivity index (χ1v) is 10.2. The lowest BCUT2D eigenvalue weighted by Gasteiger charge is -2.19. The van der Waals surface area contributed by atoms with Gasteiger partial charge in [-0.15, -0.1) is 0 Å². The first kappa shape index (κ1) is 22.7. The molecule has 0 spiro atoms. The van der Waals surface area contributed by atoms with E-state index in [0.717, 1.165) is 0 Å². The lowest BCUT2D eigenvalue weighted by Crippen LogP contribution is -2.43. The molecular weight excluding hydrogens is 409 g/mol. The van der Waals surface area contributed by atoms with Crippen LogP contribution < -0.4 is 16.0 Å². The van der Waals surface area contributed by atoms with Gasteiger partial charge in [0.05, 0.1) is 6.42 Å². The first-order chi connectivity index (χ1) is 15.5. The van der Waals surface area contributed by atoms with Crippen molar-refractivity contribution >= 4 is 17.7 Å². The fourth-order valence-corrected chi connectivity index (χ4v) is 3.09. The third kappa shape index (κ3) is 6.77. The van der Waals surface area contributed by atoms with Crippen LogP contribution in [-0.4, -0.2) is 30.8 Å². The fourth-order valence-electron chi connectivity index (χ4n) is 3.09. The van der Waals surface area contributed by atoms with Gasteiger partial charge in [-0.1, -0.05) is 60.7 Å². The number of amides is 3. The normalized spacial score (nSPS) is 11.3. The maximum absolute atomic E-state index is 12.9. The van der Waals surface area contributed by atoms with Gasteiger partial charge in [0.1, 0.15) is 11.9 Å². The van der Waals surface area contributed by atoms with Gasteiger partial charge in [-0.2, -0.15) is 0 Å². The predicted molar refractivity (Wildman–Crippen MR) is 119 cm³/mol. The lowest BCUT2D eigenvalue weighted by atomic mass is 10.1. The average molecular weight is 433 g/mol. The Morgan fingerprint density at radius 2 is 1.34 bits per heavy atom. The van der Waals surface area contributed by atoms with E-state index in [1.54, 1.807) is 60.7 Å². The highest BCUT2D eigenvalue weighted by molar-refractivity contribution is 5.97. The molecule has 0 radical (unpaired) electrons. The van der Waals surface area contributed by atoms with Crippen LogP contribution >= 0.6 is 0 Å². The number of halogens is 1. The molecule has 0 aliphatic rings. The molecule has 0 bridgehead atoms. The van der Waals surface area contributed by atoms with E-state index in [1.807, 2.05) is 12.1 Å². The maximum Gasteiger partial charge on any atom is 0.252 e. The number of benzene rings is 3. The number of hydrogen-bond acceptors (Lipinski definition) is 3. The summed E-state index contributed by atoms with van der Waals surface area (Å²) in [6, 6.07) is 22.4. The van der Waals surface area contributed by atoms with Gasteiger partial charge >= 0.3 is 0 Å². The zero-order valence-corrected chi connectivity index (χ0v) is 17.4. The van der Waals surface area contributed by atoms with E-state index in [-0.39, 0.29) is 43.0 Å². The van der Waals surface area contributed by atoms with Crippen molar-refractivity contribution in [3.8, 4) is 0 Å². The first-order valence-electron chi connectivity index (χ1n) is 10.2. The molecule has 0 heterocycles. The SMILES string of the molecule is O=C(Cc1ccc(F)cc1)NCCNC(=O)C(NC(=O)c1ccccc1)c1ccccc1. The topological polar surface area (TPSA) is 87.3 Å². The van der Waals surface area contributed by atoms with Gasteiger partial charge < -0.3 is 16.0 Å². The molecule has 0 aromatic heterocycles. The smallest absolute Gasteiger partial charge is 0.252 e. The van der Waals surface area contributed by atoms with Crippen LogP contribution in [0.4, 0.5) is 4.39 Å². The summed E-state index contributed by atoms with van der Waals surface area (Å²) in [4.78, 5) is 37.4. The van der Waals surface area contributed by atoms with Crippen LogP contribution in [0.3, 0.4) is 0 Å². The molecule has 32 heavy (non-hydrogen) atoms. The van der Waals surface area contributed by atoms with Crippen LogP contribution in [0.25, 0.3) is 0 Å². The summed E-state index contributed by atoms with van der Waals surface area (Å²) >= 11 is 0. The fraction of sp³-hybridized carbons (Fsp3) is 0.160. The summed E-state index contributed by atoms with van der Waals surface area (Å²) in [5.41, 5.74) is 1.80. The highest BCUT2D eigenvalue weighted by Gasteiger charge is 2.23. The highest BCUT2D eigenvalue weighted by Crippen LogP contribution is 2.14. The summed E-state index contributed by atoms with van der Waals surface area (Å²) in [6.07, 6.45) is 0.119. The van der Waals surface area contributed by atoms with Gasteiger partial charge in [0.15, 0.2) is 0 Å². The van der Waals surface area contributed by atoms with Crippen LogP contribution in [-0.2, 0) is 16.0 Å². The van der Waals surface area contributed by atoms with Crippen molar-refractivity contribution in [3.05, 3.63) is 107 Å². The Bertz CT molecular complexity index is 1040. The van der Waals surface area contributed by atoms with Gasteiger partial charge in [0.2, 0.25) is 11.8 Å². The molecule has 0 saturated carbocycles. The molecule has 3 rings (SSSR count). The van der Waals surface area contributed by atoms with Crippen LogP contribution in [0.2, 0.25) is 0 Å². The van der Waals surface area contributed by atoms with E-state index < -0.39 is 6.04 Å². The molecule has 1 unspecified atom stereocenters. The number of carbonyl (C=O) groups excluding carboxylic acids is 3. The lowest BCUT2D eigenvalue weighted by molar-refractivity contribution is -0.124. The Labute approximate surface area is 185 Å². The Hall–Kier alpha value is -4.00. The molecule has 0 aliphatic carbocycles. The molecule has 7 heteroatoms. The summed E-state index contributed by atoms with van der Waals surface area (Å²) in [5, 5.41) is 8.23. The van der Waals surface area contributed by atoms with E-state index in [0.29, 0.717) is 16.7 Å². The number of hydrogen-bond donors (Lipinski definition) is 3. The minimum absolute atomic E-state index is 0.119. The Balaban J connectivity index is 1.53. The van der Waals surface area contributed by atoms with Crippen LogP contribution in [0.15, 0.2) is 84.9 Å². The molecule has 0 aliphatic heterocycles. The molecule has 3 aromatic rings.